The van der Waals surface area contributed by atoms with Gasteiger partial charge in [0, 0.05) is 5.75 Å². The van der Waals surface area contributed by atoms with Crippen LogP contribution in [0.5, 0.6) is 0 Å². The van der Waals surface area contributed by atoms with Crippen LogP contribution in [0.1, 0.15) is 20.3 Å². The summed E-state index contributed by atoms with van der Waals surface area (Å²) in [5, 5.41) is 0. The number of hydrogen-bond donors (Lipinski definition) is 0. The van der Waals surface area contributed by atoms with Crippen molar-refractivity contribution in [2.24, 2.45) is 0 Å². The second-order valence-electron chi connectivity index (χ2n) is 2.59. The fourth-order valence-corrected chi connectivity index (χ4v) is 4.46. The quantitative estimate of drug-likeness (QED) is 0.505. The molecule has 15 heavy (non-hydrogen) atoms. The molecule has 0 rings (SSSR count). The molecule has 0 saturated carbocycles. The second-order valence-corrected chi connectivity index (χ2v) is 9.30. The standard InChI is InChI=1S/C7H14Cl3O3PS/c1-3-5-15-14(11,12-4-2)13-6-7(8,9)10/h3-6H2,1-2H3. The zero-order valence-electron chi connectivity index (χ0n) is 8.54. The molecule has 0 aliphatic carbocycles. The highest BCUT2D eigenvalue weighted by atomic mass is 35.6. The molecule has 0 aliphatic rings. The van der Waals surface area contributed by atoms with Crippen molar-refractivity contribution in [3.8, 4) is 0 Å². The first-order valence-electron chi connectivity index (χ1n) is 4.43. The van der Waals surface area contributed by atoms with Crippen LogP contribution < -0.4 is 0 Å². The molecule has 1 unspecified atom stereocenters. The van der Waals surface area contributed by atoms with Gasteiger partial charge >= 0.3 is 6.80 Å². The van der Waals surface area contributed by atoms with E-state index in [1.807, 2.05) is 6.92 Å². The zero-order valence-corrected chi connectivity index (χ0v) is 12.5. The predicted molar refractivity (Wildman–Crippen MR) is 68.2 cm³/mol. The SMILES string of the molecule is CCCSP(=O)(OCC)OCC(Cl)(Cl)Cl. The maximum atomic E-state index is 12.0. The summed E-state index contributed by atoms with van der Waals surface area (Å²) in [6, 6.07) is 0. The molecular weight excluding hydrogens is 301 g/mol. The molecule has 0 bridgehead atoms. The summed E-state index contributed by atoms with van der Waals surface area (Å²) in [7, 11) is 0. The van der Waals surface area contributed by atoms with Gasteiger partial charge in [0.2, 0.25) is 3.79 Å². The summed E-state index contributed by atoms with van der Waals surface area (Å²) in [6.45, 7) is 0.591. The van der Waals surface area contributed by atoms with Gasteiger partial charge in [0.1, 0.15) is 6.61 Å². The first-order valence-corrected chi connectivity index (χ1v) is 8.70. The molecule has 0 saturated heterocycles. The van der Waals surface area contributed by atoms with E-state index in [1.165, 1.54) is 0 Å². The predicted octanol–water partition coefficient (Wildman–Crippen LogP) is 4.66. The lowest BCUT2D eigenvalue weighted by Crippen LogP contribution is -2.11. The van der Waals surface area contributed by atoms with Gasteiger partial charge in [-0.05, 0) is 24.7 Å². The van der Waals surface area contributed by atoms with E-state index in [-0.39, 0.29) is 6.61 Å². The molecule has 0 aliphatic heterocycles. The average Bonchev–Trinajstić information content (AvgIpc) is 2.12. The molecule has 92 valence electrons. The smallest absolute Gasteiger partial charge is 0.301 e. The highest BCUT2D eigenvalue weighted by molar-refractivity contribution is 8.55. The Bertz CT molecular complexity index is 222. The molecule has 8 heteroatoms. The maximum absolute atomic E-state index is 12.0. The fraction of sp³-hybridized carbons (Fsp3) is 1.00. The van der Waals surface area contributed by atoms with Gasteiger partial charge < -0.3 is 4.52 Å². The van der Waals surface area contributed by atoms with Crippen LogP contribution in [0.2, 0.25) is 0 Å². The summed E-state index contributed by atoms with van der Waals surface area (Å²) in [5.41, 5.74) is 0. The van der Waals surface area contributed by atoms with Crippen LogP contribution in [0.4, 0.5) is 0 Å². The first-order chi connectivity index (χ1) is 6.83. The Morgan fingerprint density at radius 2 is 1.87 bits per heavy atom. The highest BCUT2D eigenvalue weighted by Crippen LogP contribution is 2.61. The highest BCUT2D eigenvalue weighted by Gasteiger charge is 2.30. The molecule has 0 aromatic rings. The third-order valence-electron chi connectivity index (χ3n) is 1.13. The second kappa shape index (κ2) is 7.65. The summed E-state index contributed by atoms with van der Waals surface area (Å²) in [6.07, 6.45) is 0.874. The molecule has 1 atom stereocenters. The molecule has 0 fully saturated rings. The van der Waals surface area contributed by atoms with E-state index in [9.17, 15) is 4.57 Å². The van der Waals surface area contributed by atoms with Gasteiger partial charge in [-0.25, -0.2) is 4.57 Å². The minimum absolute atomic E-state index is 0.244. The molecule has 0 aromatic carbocycles. The number of hydrogen-bond acceptors (Lipinski definition) is 4. The van der Waals surface area contributed by atoms with Gasteiger partial charge in [-0.3, -0.25) is 4.52 Å². The van der Waals surface area contributed by atoms with Crippen LogP contribution in [0.3, 0.4) is 0 Å². The Labute approximate surface area is 109 Å². The van der Waals surface area contributed by atoms with Gasteiger partial charge in [-0.1, -0.05) is 41.7 Å². The Morgan fingerprint density at radius 1 is 1.27 bits per heavy atom. The van der Waals surface area contributed by atoms with Crippen molar-refractivity contribution in [3.05, 3.63) is 0 Å². The van der Waals surface area contributed by atoms with Crippen LogP contribution in [0, 0.1) is 0 Å². The van der Waals surface area contributed by atoms with Gasteiger partial charge in [-0.2, -0.15) is 0 Å². The van der Waals surface area contributed by atoms with Crippen molar-refractivity contribution in [2.45, 2.75) is 24.1 Å². The summed E-state index contributed by atoms with van der Waals surface area (Å²) >= 11 is 17.6. The lowest BCUT2D eigenvalue weighted by molar-refractivity contribution is 0.231. The fourth-order valence-electron chi connectivity index (χ4n) is 0.625. The minimum atomic E-state index is -3.17. The first kappa shape index (κ1) is 16.4. The largest absolute Gasteiger partial charge is 0.389 e. The molecular formula is C7H14Cl3O3PS. The maximum Gasteiger partial charge on any atom is 0.389 e. The number of halogens is 3. The Kier molecular flexibility index (Phi) is 8.35. The number of rotatable bonds is 7. The molecule has 0 spiro atoms. The van der Waals surface area contributed by atoms with E-state index in [4.69, 9.17) is 43.9 Å². The van der Waals surface area contributed by atoms with E-state index in [0.29, 0.717) is 12.4 Å². The third kappa shape index (κ3) is 9.11. The van der Waals surface area contributed by atoms with Gasteiger partial charge in [-0.15, -0.1) is 0 Å². The van der Waals surface area contributed by atoms with Crippen molar-refractivity contribution in [3.63, 3.8) is 0 Å². The van der Waals surface area contributed by atoms with Crippen molar-refractivity contribution >= 4 is 53.0 Å². The van der Waals surface area contributed by atoms with Crippen LogP contribution in [0.25, 0.3) is 0 Å². The summed E-state index contributed by atoms with van der Waals surface area (Å²) in [4.78, 5) is 0. The van der Waals surface area contributed by atoms with E-state index in [2.05, 4.69) is 0 Å². The molecule has 0 heterocycles. The van der Waals surface area contributed by atoms with Crippen LogP contribution in [0.15, 0.2) is 0 Å². The number of alkyl halides is 3. The lowest BCUT2D eigenvalue weighted by atomic mass is 10.6. The van der Waals surface area contributed by atoms with E-state index in [1.54, 1.807) is 6.92 Å². The van der Waals surface area contributed by atoms with E-state index in [0.717, 1.165) is 17.8 Å². The Morgan fingerprint density at radius 3 is 2.27 bits per heavy atom. The molecule has 0 aromatic heterocycles. The minimum Gasteiger partial charge on any atom is -0.301 e. The average molecular weight is 316 g/mol. The van der Waals surface area contributed by atoms with Crippen LogP contribution in [-0.4, -0.2) is 22.8 Å². The molecule has 3 nitrogen and oxygen atoms in total. The van der Waals surface area contributed by atoms with Crippen molar-refractivity contribution in [2.75, 3.05) is 19.0 Å². The van der Waals surface area contributed by atoms with E-state index >= 15 is 0 Å². The third-order valence-corrected chi connectivity index (χ3v) is 5.51. The van der Waals surface area contributed by atoms with Crippen molar-refractivity contribution in [1.82, 2.24) is 0 Å². The van der Waals surface area contributed by atoms with Crippen molar-refractivity contribution < 1.29 is 13.6 Å². The monoisotopic (exact) mass is 314 g/mol. The molecule has 0 N–H and O–H groups in total. The lowest BCUT2D eigenvalue weighted by Gasteiger charge is -2.19. The summed E-state index contributed by atoms with van der Waals surface area (Å²) in [5.74, 6) is 0.678. The normalized spacial score (nSPS) is 16.3. The van der Waals surface area contributed by atoms with E-state index < -0.39 is 10.6 Å². The van der Waals surface area contributed by atoms with Crippen molar-refractivity contribution in [1.29, 1.82) is 0 Å². The topological polar surface area (TPSA) is 35.5 Å². The summed E-state index contributed by atoms with van der Waals surface area (Å²) < 4.78 is 20.5. The molecule has 0 amide bonds. The van der Waals surface area contributed by atoms with Crippen LogP contribution >= 0.6 is 53.0 Å². The van der Waals surface area contributed by atoms with Gasteiger partial charge in [0.05, 0.1) is 6.61 Å². The molecule has 0 radical (unpaired) electrons. The Balaban J connectivity index is 4.19. The zero-order chi connectivity index (χ0) is 11.9. The van der Waals surface area contributed by atoms with Crippen LogP contribution in [-0.2, 0) is 13.6 Å². The van der Waals surface area contributed by atoms with Gasteiger partial charge in [0.25, 0.3) is 0 Å². The van der Waals surface area contributed by atoms with Gasteiger partial charge in [0.15, 0.2) is 0 Å². The Hall–Kier alpha value is 1.37.